The van der Waals surface area contributed by atoms with Crippen LogP contribution in [0.4, 0.5) is 0 Å². The molecule has 1 aromatic rings. The number of ether oxygens (including phenoxy) is 3. The SMILES string of the molecule is CCOCC(=O)N1CC2(C[C@@H](OCc3cnccc3C)CCO2)C1. The third-order valence-electron chi connectivity index (χ3n) is 4.81. The summed E-state index contributed by atoms with van der Waals surface area (Å²) in [6.45, 7) is 7.23. The first kappa shape index (κ1) is 17.3. The van der Waals surface area contributed by atoms with E-state index in [1.54, 1.807) is 6.20 Å². The van der Waals surface area contributed by atoms with Gasteiger partial charge < -0.3 is 19.1 Å². The second-order valence-corrected chi connectivity index (χ2v) is 6.65. The standard InChI is InChI=1S/C18H26N2O4/c1-3-22-11-17(21)20-12-18(13-20)8-16(5-7-24-18)23-10-15-9-19-6-4-14(15)2/h4,6,9,16H,3,5,7-8,10-13H2,1-2H3/t16-/m0/s1. The molecule has 0 saturated carbocycles. The Morgan fingerprint density at radius 3 is 3.08 bits per heavy atom. The van der Waals surface area contributed by atoms with E-state index in [9.17, 15) is 4.79 Å². The molecule has 1 atom stereocenters. The minimum absolute atomic E-state index is 0.0418. The first-order chi connectivity index (χ1) is 11.6. The first-order valence-corrected chi connectivity index (χ1v) is 8.62. The third-order valence-corrected chi connectivity index (χ3v) is 4.81. The number of pyridine rings is 1. The molecule has 1 amide bonds. The van der Waals surface area contributed by atoms with Gasteiger partial charge in [-0.2, -0.15) is 0 Å². The normalized spacial score (nSPS) is 22.4. The van der Waals surface area contributed by atoms with Gasteiger partial charge in [-0.1, -0.05) is 0 Å². The van der Waals surface area contributed by atoms with Gasteiger partial charge in [0.25, 0.3) is 0 Å². The number of rotatable bonds is 6. The Morgan fingerprint density at radius 1 is 1.50 bits per heavy atom. The van der Waals surface area contributed by atoms with Crippen LogP contribution < -0.4 is 0 Å². The Morgan fingerprint density at radius 2 is 2.33 bits per heavy atom. The maximum absolute atomic E-state index is 11.9. The summed E-state index contributed by atoms with van der Waals surface area (Å²) in [6.07, 6.45) is 5.56. The summed E-state index contributed by atoms with van der Waals surface area (Å²) in [7, 11) is 0. The highest BCUT2D eigenvalue weighted by Gasteiger charge is 2.49. The Labute approximate surface area is 143 Å². The molecule has 0 aromatic carbocycles. The van der Waals surface area contributed by atoms with Crippen molar-refractivity contribution in [3.05, 3.63) is 29.6 Å². The molecule has 3 rings (SSSR count). The van der Waals surface area contributed by atoms with Crippen LogP contribution in [-0.4, -0.2) is 60.4 Å². The Hall–Kier alpha value is -1.50. The molecular formula is C18H26N2O4. The highest BCUT2D eigenvalue weighted by Crippen LogP contribution is 2.35. The second kappa shape index (κ2) is 7.59. The maximum atomic E-state index is 11.9. The minimum Gasteiger partial charge on any atom is -0.373 e. The van der Waals surface area contributed by atoms with Crippen LogP contribution in [0.5, 0.6) is 0 Å². The highest BCUT2D eigenvalue weighted by molar-refractivity contribution is 5.78. The van der Waals surface area contributed by atoms with Crippen molar-refractivity contribution in [1.29, 1.82) is 0 Å². The number of hydrogen-bond donors (Lipinski definition) is 0. The fourth-order valence-corrected chi connectivity index (χ4v) is 3.31. The predicted molar refractivity (Wildman–Crippen MR) is 88.5 cm³/mol. The molecule has 2 saturated heterocycles. The molecule has 3 heterocycles. The number of aromatic nitrogens is 1. The highest BCUT2D eigenvalue weighted by atomic mass is 16.5. The molecule has 1 spiro atoms. The number of carbonyl (C=O) groups is 1. The molecule has 6 nitrogen and oxygen atoms in total. The van der Waals surface area contributed by atoms with Gasteiger partial charge in [-0.15, -0.1) is 0 Å². The van der Waals surface area contributed by atoms with E-state index >= 15 is 0 Å². The van der Waals surface area contributed by atoms with Gasteiger partial charge in [0.1, 0.15) is 12.2 Å². The largest absolute Gasteiger partial charge is 0.373 e. The molecule has 2 aliphatic rings. The summed E-state index contributed by atoms with van der Waals surface area (Å²) in [5, 5.41) is 0. The predicted octanol–water partition coefficient (Wildman–Crippen LogP) is 1.70. The molecule has 1 aromatic heterocycles. The lowest BCUT2D eigenvalue weighted by atomic mass is 9.84. The summed E-state index contributed by atoms with van der Waals surface area (Å²) in [5.74, 6) is 0.0418. The van der Waals surface area contributed by atoms with E-state index in [0.29, 0.717) is 32.9 Å². The summed E-state index contributed by atoms with van der Waals surface area (Å²) in [4.78, 5) is 17.9. The molecule has 24 heavy (non-hydrogen) atoms. The number of amides is 1. The van der Waals surface area contributed by atoms with Crippen molar-refractivity contribution >= 4 is 5.91 Å². The zero-order valence-corrected chi connectivity index (χ0v) is 14.5. The van der Waals surface area contributed by atoms with Crippen molar-refractivity contribution in [2.24, 2.45) is 0 Å². The molecule has 132 valence electrons. The second-order valence-electron chi connectivity index (χ2n) is 6.65. The van der Waals surface area contributed by atoms with Crippen molar-refractivity contribution in [3.63, 3.8) is 0 Å². The molecular weight excluding hydrogens is 308 g/mol. The fraction of sp³-hybridized carbons (Fsp3) is 0.667. The van der Waals surface area contributed by atoms with Crippen molar-refractivity contribution in [1.82, 2.24) is 9.88 Å². The van der Waals surface area contributed by atoms with Crippen LogP contribution in [0.1, 0.15) is 30.9 Å². The van der Waals surface area contributed by atoms with E-state index < -0.39 is 0 Å². The minimum atomic E-state index is -0.227. The lowest BCUT2D eigenvalue weighted by molar-refractivity contribution is -0.204. The van der Waals surface area contributed by atoms with Crippen molar-refractivity contribution in [3.8, 4) is 0 Å². The molecule has 0 bridgehead atoms. The smallest absolute Gasteiger partial charge is 0.248 e. The van der Waals surface area contributed by atoms with Crippen molar-refractivity contribution < 1.29 is 19.0 Å². The number of likely N-dealkylation sites (tertiary alicyclic amines) is 1. The van der Waals surface area contributed by atoms with Gasteiger partial charge >= 0.3 is 0 Å². The average molecular weight is 334 g/mol. The maximum Gasteiger partial charge on any atom is 0.248 e. The summed E-state index contributed by atoms with van der Waals surface area (Å²) < 4.78 is 17.2. The Kier molecular flexibility index (Phi) is 5.48. The van der Waals surface area contributed by atoms with Crippen LogP contribution in [0.15, 0.2) is 18.5 Å². The number of hydrogen-bond acceptors (Lipinski definition) is 5. The van der Waals surface area contributed by atoms with Gasteiger partial charge in [0.15, 0.2) is 0 Å². The monoisotopic (exact) mass is 334 g/mol. The van der Waals surface area contributed by atoms with E-state index in [0.717, 1.165) is 18.4 Å². The van der Waals surface area contributed by atoms with Gasteiger partial charge in [-0.25, -0.2) is 0 Å². The van der Waals surface area contributed by atoms with Crippen LogP contribution in [0, 0.1) is 6.92 Å². The molecule has 0 radical (unpaired) electrons. The molecule has 2 aliphatic heterocycles. The zero-order valence-electron chi connectivity index (χ0n) is 14.5. The topological polar surface area (TPSA) is 60.9 Å². The number of nitrogens with zero attached hydrogens (tertiary/aromatic N) is 2. The van der Waals surface area contributed by atoms with Gasteiger partial charge in [0, 0.05) is 32.0 Å². The Bertz CT molecular complexity index is 572. The van der Waals surface area contributed by atoms with Gasteiger partial charge in [-0.3, -0.25) is 9.78 Å². The number of aryl methyl sites for hydroxylation is 1. The van der Waals surface area contributed by atoms with Crippen molar-refractivity contribution in [2.45, 2.75) is 45.0 Å². The third kappa shape index (κ3) is 3.94. The summed E-state index contributed by atoms with van der Waals surface area (Å²) in [5.41, 5.74) is 2.10. The molecule has 6 heteroatoms. The van der Waals surface area contributed by atoms with Crippen LogP contribution in [0.2, 0.25) is 0 Å². The van der Waals surface area contributed by atoms with Gasteiger partial charge in [-0.05, 0) is 37.5 Å². The molecule has 0 unspecified atom stereocenters. The molecule has 0 N–H and O–H groups in total. The van der Waals surface area contributed by atoms with E-state index in [-0.39, 0.29) is 24.2 Å². The first-order valence-electron chi connectivity index (χ1n) is 8.62. The number of carbonyl (C=O) groups excluding carboxylic acids is 1. The summed E-state index contributed by atoms with van der Waals surface area (Å²) >= 11 is 0. The summed E-state index contributed by atoms with van der Waals surface area (Å²) in [6, 6.07) is 2.00. The average Bonchev–Trinajstić information content (AvgIpc) is 2.57. The van der Waals surface area contributed by atoms with Gasteiger partial charge in [0.2, 0.25) is 5.91 Å². The van der Waals surface area contributed by atoms with Gasteiger partial charge in [0.05, 0.1) is 25.8 Å². The van der Waals surface area contributed by atoms with Crippen LogP contribution in [0.3, 0.4) is 0 Å². The lowest BCUT2D eigenvalue weighted by Gasteiger charge is -2.53. The van der Waals surface area contributed by atoms with E-state index in [1.807, 2.05) is 24.1 Å². The zero-order chi connectivity index (χ0) is 17.0. The lowest BCUT2D eigenvalue weighted by Crippen LogP contribution is -2.67. The fourth-order valence-electron chi connectivity index (χ4n) is 3.31. The van der Waals surface area contributed by atoms with Crippen molar-refractivity contribution in [2.75, 3.05) is 32.9 Å². The quantitative estimate of drug-likeness (QED) is 0.792. The Balaban J connectivity index is 1.47. The van der Waals surface area contributed by atoms with E-state index in [4.69, 9.17) is 14.2 Å². The molecule has 0 aliphatic carbocycles. The van der Waals surface area contributed by atoms with E-state index in [1.165, 1.54) is 5.56 Å². The van der Waals surface area contributed by atoms with E-state index in [2.05, 4.69) is 11.9 Å². The van der Waals surface area contributed by atoms with Crippen LogP contribution in [0.25, 0.3) is 0 Å². The van der Waals surface area contributed by atoms with Crippen LogP contribution in [-0.2, 0) is 25.6 Å². The van der Waals surface area contributed by atoms with Crippen LogP contribution >= 0.6 is 0 Å². The molecule has 2 fully saturated rings.